The highest BCUT2D eigenvalue weighted by molar-refractivity contribution is 7.96. The average Bonchev–Trinajstić information content (AvgIpc) is 2.85. The molecule has 0 bridgehead atoms. The van der Waals surface area contributed by atoms with Crippen molar-refractivity contribution in [3.8, 4) is 12.3 Å². The Balaban J connectivity index is 2.81. The molecule has 0 amide bonds. The van der Waals surface area contributed by atoms with Crippen molar-refractivity contribution in [2.45, 2.75) is 49.3 Å². The molecule has 0 spiro atoms. The topological polar surface area (TPSA) is 93.1 Å². The predicted molar refractivity (Wildman–Crippen MR) is 144 cm³/mol. The van der Waals surface area contributed by atoms with Crippen molar-refractivity contribution < 1.29 is 22.2 Å². The molecule has 7 nitrogen and oxygen atoms in total. The maximum absolute atomic E-state index is 13.7. The van der Waals surface area contributed by atoms with Gasteiger partial charge in [0.15, 0.2) is 0 Å². The molecular weight excluding hydrogens is 496 g/mol. The fourth-order valence-corrected chi connectivity index (χ4v) is 6.45. The molecule has 0 aliphatic rings. The fourth-order valence-electron chi connectivity index (χ4n) is 3.57. The third-order valence-electron chi connectivity index (χ3n) is 5.52. The van der Waals surface area contributed by atoms with Crippen LogP contribution < -0.4 is 0 Å². The summed E-state index contributed by atoms with van der Waals surface area (Å²) in [6.07, 6.45) is 7.14. The monoisotopic (exact) mass is 530 g/mol. The molecule has 0 saturated heterocycles. The van der Waals surface area contributed by atoms with E-state index >= 15 is 0 Å². The van der Waals surface area contributed by atoms with Crippen molar-refractivity contribution in [2.24, 2.45) is 4.36 Å². The summed E-state index contributed by atoms with van der Waals surface area (Å²) in [6, 6.07) is 16.3. The number of hydrogen-bond donors (Lipinski definition) is 0. The van der Waals surface area contributed by atoms with Crippen LogP contribution in [0.25, 0.3) is 0 Å². The zero-order valence-corrected chi connectivity index (χ0v) is 23.0. The van der Waals surface area contributed by atoms with Gasteiger partial charge in [-0.15, -0.1) is 6.42 Å². The van der Waals surface area contributed by atoms with Crippen LogP contribution in [0.3, 0.4) is 0 Å². The molecule has 36 heavy (non-hydrogen) atoms. The van der Waals surface area contributed by atoms with Gasteiger partial charge in [-0.2, -0.15) is 4.31 Å². The Labute approximate surface area is 215 Å². The lowest BCUT2D eigenvalue weighted by molar-refractivity contribution is -0.148. The number of nitrogens with zero attached hydrogens (tertiary/aromatic N) is 2. The molecule has 0 N–H and O–H groups in total. The largest absolute Gasteiger partial charge is 0.465 e. The predicted octanol–water partition coefficient (Wildman–Crippen LogP) is 4.44. The standard InChI is InChI=1S/C27H34N2O5S2/c1-7-20-29(36(32,33)27(3,4)5)25(26(30)34-8-2)24(22-15-11-9-12-16-22)19-21-35(31,28-6)23-17-13-10-14-18-23/h1,9-19,21,24-25H,8,20H2,2-6H3/b21-19+/t24-,25?,35-/m0/s1. The lowest BCUT2D eigenvalue weighted by Crippen LogP contribution is -2.53. The molecule has 194 valence electrons. The Morgan fingerprint density at radius 2 is 1.64 bits per heavy atom. The van der Waals surface area contributed by atoms with E-state index in [1.54, 1.807) is 88.4 Å². The molecule has 3 atom stereocenters. The van der Waals surface area contributed by atoms with Crippen molar-refractivity contribution in [2.75, 3.05) is 20.2 Å². The highest BCUT2D eigenvalue weighted by Gasteiger charge is 2.45. The van der Waals surface area contributed by atoms with Crippen LogP contribution in [0.4, 0.5) is 0 Å². The van der Waals surface area contributed by atoms with Gasteiger partial charge in [-0.1, -0.05) is 60.5 Å². The van der Waals surface area contributed by atoms with Crippen molar-refractivity contribution in [1.82, 2.24) is 4.31 Å². The minimum Gasteiger partial charge on any atom is -0.465 e. The molecule has 2 aromatic rings. The third-order valence-corrected chi connectivity index (χ3v) is 10.1. The van der Waals surface area contributed by atoms with Crippen molar-refractivity contribution in [3.63, 3.8) is 0 Å². The third kappa shape index (κ3) is 6.64. The zero-order chi connectivity index (χ0) is 27.0. The number of esters is 1. The normalized spacial score (nSPS) is 15.6. The van der Waals surface area contributed by atoms with Gasteiger partial charge in [-0.25, -0.2) is 17.0 Å². The molecule has 0 saturated carbocycles. The molecular formula is C27H34N2O5S2. The molecule has 1 unspecified atom stereocenters. The minimum atomic E-state index is -4.07. The highest BCUT2D eigenvalue weighted by Crippen LogP contribution is 2.32. The lowest BCUT2D eigenvalue weighted by Gasteiger charge is -2.36. The van der Waals surface area contributed by atoms with Gasteiger partial charge in [0.2, 0.25) is 10.0 Å². The Morgan fingerprint density at radius 1 is 1.08 bits per heavy atom. The fraction of sp³-hybridized carbons (Fsp3) is 0.370. The number of benzene rings is 2. The number of ether oxygens (including phenoxy) is 1. The summed E-state index contributed by atoms with van der Waals surface area (Å²) in [6.45, 7) is 5.97. The van der Waals surface area contributed by atoms with E-state index in [4.69, 9.17) is 11.2 Å². The van der Waals surface area contributed by atoms with Gasteiger partial charge in [0.25, 0.3) is 0 Å². The smallest absolute Gasteiger partial charge is 0.325 e. The number of hydrogen-bond acceptors (Lipinski definition) is 6. The summed E-state index contributed by atoms with van der Waals surface area (Å²) in [4.78, 5) is 13.9. The second kappa shape index (κ2) is 12.3. The summed E-state index contributed by atoms with van der Waals surface area (Å²) in [5, 5.41) is 1.43. The minimum absolute atomic E-state index is 0.0467. The number of carbonyl (C=O) groups excluding carboxylic acids is 1. The maximum atomic E-state index is 13.7. The Morgan fingerprint density at radius 3 is 2.11 bits per heavy atom. The first-order valence-corrected chi connectivity index (χ1v) is 14.5. The maximum Gasteiger partial charge on any atom is 0.325 e. The van der Waals surface area contributed by atoms with Gasteiger partial charge in [0.05, 0.1) is 32.5 Å². The Bertz CT molecular complexity index is 1320. The quantitative estimate of drug-likeness (QED) is 0.335. The molecule has 2 aromatic carbocycles. The molecule has 0 radical (unpaired) electrons. The van der Waals surface area contributed by atoms with Crippen LogP contribution in [0, 0.1) is 12.3 Å². The first-order chi connectivity index (χ1) is 16.9. The number of terminal acetylenes is 1. The average molecular weight is 531 g/mol. The van der Waals surface area contributed by atoms with E-state index in [0.29, 0.717) is 10.5 Å². The number of rotatable bonds is 10. The van der Waals surface area contributed by atoms with Gasteiger partial charge < -0.3 is 4.74 Å². The van der Waals surface area contributed by atoms with Gasteiger partial charge in [-0.05, 0) is 45.4 Å². The summed E-state index contributed by atoms with van der Waals surface area (Å²) in [5.41, 5.74) is 0.629. The van der Waals surface area contributed by atoms with E-state index in [-0.39, 0.29) is 13.2 Å². The van der Waals surface area contributed by atoms with Crippen LogP contribution in [-0.4, -0.2) is 53.9 Å². The zero-order valence-electron chi connectivity index (χ0n) is 21.3. The van der Waals surface area contributed by atoms with Gasteiger partial charge in [0, 0.05) is 18.4 Å². The SMILES string of the molecule is C#CCN(C(C(=O)OCC)[C@@H](/C=C/[S@@](=O)(=NC)c1ccccc1)c1ccccc1)S(=O)(=O)C(C)(C)C. The van der Waals surface area contributed by atoms with Crippen molar-refractivity contribution in [1.29, 1.82) is 0 Å². The Kier molecular flexibility index (Phi) is 10.1. The van der Waals surface area contributed by atoms with Gasteiger partial charge in [-0.3, -0.25) is 4.79 Å². The second-order valence-electron chi connectivity index (χ2n) is 8.89. The van der Waals surface area contributed by atoms with Crippen molar-refractivity contribution in [3.05, 3.63) is 77.7 Å². The number of carbonyl (C=O) groups is 1. The van der Waals surface area contributed by atoms with E-state index in [1.807, 2.05) is 6.07 Å². The summed E-state index contributed by atoms with van der Waals surface area (Å²) < 4.78 is 50.2. The first-order valence-electron chi connectivity index (χ1n) is 11.5. The van der Waals surface area contributed by atoms with E-state index in [2.05, 4.69) is 10.3 Å². The Hall–Kier alpha value is -2.93. The van der Waals surface area contributed by atoms with Gasteiger partial charge in [0.1, 0.15) is 6.04 Å². The highest BCUT2D eigenvalue weighted by atomic mass is 32.2. The summed E-state index contributed by atoms with van der Waals surface area (Å²) in [7, 11) is -5.61. The molecule has 0 fully saturated rings. The van der Waals surface area contributed by atoms with E-state index in [9.17, 15) is 17.4 Å². The van der Waals surface area contributed by atoms with Crippen LogP contribution >= 0.6 is 0 Å². The molecule has 0 aliphatic carbocycles. The molecule has 9 heteroatoms. The lowest BCUT2D eigenvalue weighted by atomic mass is 9.91. The van der Waals surface area contributed by atoms with Crippen LogP contribution in [-0.2, 0) is 29.3 Å². The van der Waals surface area contributed by atoms with Crippen molar-refractivity contribution >= 4 is 25.7 Å². The van der Waals surface area contributed by atoms with Crippen LogP contribution in [0.1, 0.15) is 39.2 Å². The van der Waals surface area contributed by atoms with E-state index in [0.717, 1.165) is 4.31 Å². The summed E-state index contributed by atoms with van der Waals surface area (Å²) in [5.74, 6) is 0.769. The van der Waals surface area contributed by atoms with Gasteiger partial charge >= 0.3 is 5.97 Å². The molecule has 0 aromatic heterocycles. The molecule has 0 aliphatic heterocycles. The van der Waals surface area contributed by atoms with E-state index < -0.39 is 42.4 Å². The van der Waals surface area contributed by atoms with Crippen LogP contribution in [0.5, 0.6) is 0 Å². The second-order valence-corrected chi connectivity index (χ2v) is 13.8. The molecule has 0 heterocycles. The first kappa shape index (κ1) is 29.3. The molecule has 2 rings (SSSR count). The number of sulfonamides is 1. The van der Waals surface area contributed by atoms with Crippen LogP contribution in [0.2, 0.25) is 0 Å². The van der Waals surface area contributed by atoms with E-state index in [1.165, 1.54) is 12.5 Å². The summed E-state index contributed by atoms with van der Waals surface area (Å²) >= 11 is 0. The van der Waals surface area contributed by atoms with Crippen LogP contribution in [0.15, 0.2) is 81.4 Å².